The lowest BCUT2D eigenvalue weighted by Gasteiger charge is -2.05. The number of carbonyl (C=O) groups is 1. The second kappa shape index (κ2) is 4.97. The van der Waals surface area contributed by atoms with Crippen molar-refractivity contribution in [3.05, 3.63) is 40.9 Å². The highest BCUT2D eigenvalue weighted by Gasteiger charge is 2.01. The maximum absolute atomic E-state index is 11.2. The Kier molecular flexibility index (Phi) is 3.61. The SMILES string of the molecule is O=C(CBr)Nc1ccc2cc(Br)ccc2c1. The monoisotopic (exact) mass is 341 g/mol. The van der Waals surface area contributed by atoms with Gasteiger partial charge in [0.1, 0.15) is 0 Å². The minimum Gasteiger partial charge on any atom is -0.325 e. The molecule has 0 saturated heterocycles. The van der Waals surface area contributed by atoms with Gasteiger partial charge in [-0.3, -0.25) is 4.79 Å². The first-order valence-corrected chi connectivity index (χ1v) is 6.65. The smallest absolute Gasteiger partial charge is 0.235 e. The Hall–Kier alpha value is -0.870. The maximum Gasteiger partial charge on any atom is 0.235 e. The molecule has 2 rings (SSSR count). The second-order valence-corrected chi connectivity index (χ2v) is 4.86. The Morgan fingerprint density at radius 2 is 1.81 bits per heavy atom. The zero-order chi connectivity index (χ0) is 11.5. The van der Waals surface area contributed by atoms with Crippen molar-refractivity contribution >= 4 is 54.2 Å². The lowest BCUT2D eigenvalue weighted by molar-refractivity contribution is -0.113. The fraction of sp³-hybridized carbons (Fsp3) is 0.0833. The number of fused-ring (bicyclic) bond motifs is 1. The van der Waals surface area contributed by atoms with Gasteiger partial charge in [-0.25, -0.2) is 0 Å². The van der Waals surface area contributed by atoms with Gasteiger partial charge in [0, 0.05) is 10.2 Å². The molecule has 0 atom stereocenters. The lowest BCUT2D eigenvalue weighted by atomic mass is 10.1. The summed E-state index contributed by atoms with van der Waals surface area (Å²) in [7, 11) is 0. The van der Waals surface area contributed by atoms with E-state index in [9.17, 15) is 4.79 Å². The zero-order valence-electron chi connectivity index (χ0n) is 8.34. The number of rotatable bonds is 2. The summed E-state index contributed by atoms with van der Waals surface area (Å²) in [5.74, 6) is -0.0449. The molecule has 0 aromatic heterocycles. The van der Waals surface area contributed by atoms with Crippen LogP contribution in [0.3, 0.4) is 0 Å². The third kappa shape index (κ3) is 2.62. The van der Waals surface area contributed by atoms with E-state index in [2.05, 4.69) is 37.2 Å². The Morgan fingerprint density at radius 3 is 2.56 bits per heavy atom. The van der Waals surface area contributed by atoms with E-state index in [1.54, 1.807) is 0 Å². The summed E-state index contributed by atoms with van der Waals surface area (Å²) in [6, 6.07) is 11.9. The topological polar surface area (TPSA) is 29.1 Å². The fourth-order valence-electron chi connectivity index (χ4n) is 1.49. The molecule has 0 unspecified atom stereocenters. The van der Waals surface area contributed by atoms with Crippen molar-refractivity contribution in [2.45, 2.75) is 0 Å². The van der Waals surface area contributed by atoms with Gasteiger partial charge < -0.3 is 5.32 Å². The van der Waals surface area contributed by atoms with E-state index in [0.717, 1.165) is 20.9 Å². The van der Waals surface area contributed by atoms with Gasteiger partial charge >= 0.3 is 0 Å². The fourth-order valence-corrected chi connectivity index (χ4v) is 2.01. The molecule has 0 saturated carbocycles. The Labute approximate surface area is 110 Å². The number of benzene rings is 2. The third-order valence-electron chi connectivity index (χ3n) is 2.21. The molecule has 0 radical (unpaired) electrons. The lowest BCUT2D eigenvalue weighted by Crippen LogP contribution is -2.11. The molecule has 0 bridgehead atoms. The molecule has 1 N–H and O–H groups in total. The molecular weight excluding hydrogens is 334 g/mol. The maximum atomic E-state index is 11.2. The quantitative estimate of drug-likeness (QED) is 0.823. The third-order valence-corrected chi connectivity index (χ3v) is 3.21. The van der Waals surface area contributed by atoms with E-state index in [-0.39, 0.29) is 5.91 Å². The summed E-state index contributed by atoms with van der Waals surface area (Å²) in [4.78, 5) is 11.2. The van der Waals surface area contributed by atoms with Crippen LogP contribution in [-0.2, 0) is 4.79 Å². The molecule has 2 nitrogen and oxygen atoms in total. The van der Waals surface area contributed by atoms with Gasteiger partial charge in [0.15, 0.2) is 0 Å². The predicted molar refractivity (Wildman–Crippen MR) is 74.1 cm³/mol. The zero-order valence-corrected chi connectivity index (χ0v) is 11.5. The molecular formula is C12H9Br2NO. The van der Waals surface area contributed by atoms with E-state index in [0.29, 0.717) is 5.33 Å². The largest absolute Gasteiger partial charge is 0.325 e. The van der Waals surface area contributed by atoms with Crippen LogP contribution in [0.1, 0.15) is 0 Å². The van der Waals surface area contributed by atoms with E-state index < -0.39 is 0 Å². The van der Waals surface area contributed by atoms with Gasteiger partial charge in [-0.2, -0.15) is 0 Å². The Balaban J connectivity index is 2.37. The van der Waals surface area contributed by atoms with Crippen molar-refractivity contribution in [1.82, 2.24) is 0 Å². The van der Waals surface area contributed by atoms with Gasteiger partial charge in [-0.1, -0.05) is 44.0 Å². The average molecular weight is 343 g/mol. The summed E-state index contributed by atoms with van der Waals surface area (Å²) < 4.78 is 1.05. The van der Waals surface area contributed by atoms with Crippen LogP contribution in [0.2, 0.25) is 0 Å². The number of amides is 1. The molecule has 16 heavy (non-hydrogen) atoms. The molecule has 1 amide bonds. The van der Waals surface area contributed by atoms with E-state index in [1.165, 1.54) is 0 Å². The second-order valence-electron chi connectivity index (χ2n) is 3.39. The van der Waals surface area contributed by atoms with Crippen molar-refractivity contribution in [2.75, 3.05) is 10.6 Å². The number of nitrogens with one attached hydrogen (secondary N) is 1. The molecule has 2 aromatic rings. The van der Waals surface area contributed by atoms with Crippen LogP contribution in [0.4, 0.5) is 5.69 Å². The van der Waals surface area contributed by atoms with Crippen molar-refractivity contribution in [2.24, 2.45) is 0 Å². The van der Waals surface area contributed by atoms with E-state index >= 15 is 0 Å². The molecule has 2 aromatic carbocycles. The number of carbonyl (C=O) groups excluding carboxylic acids is 1. The van der Waals surface area contributed by atoms with Gasteiger partial charge in [0.05, 0.1) is 5.33 Å². The van der Waals surface area contributed by atoms with Gasteiger partial charge in [-0.05, 0) is 35.0 Å². The standard InChI is InChI=1S/C12H9Br2NO/c13-7-12(16)15-11-4-2-8-5-10(14)3-1-9(8)6-11/h1-6H,7H2,(H,15,16). The van der Waals surface area contributed by atoms with Crippen molar-refractivity contribution in [3.63, 3.8) is 0 Å². The highest BCUT2D eigenvalue weighted by Crippen LogP contribution is 2.22. The van der Waals surface area contributed by atoms with E-state index in [1.807, 2.05) is 36.4 Å². The molecule has 0 aliphatic rings. The summed E-state index contributed by atoms with van der Waals surface area (Å²) >= 11 is 6.54. The summed E-state index contributed by atoms with van der Waals surface area (Å²) in [6.45, 7) is 0. The normalized spacial score (nSPS) is 10.4. The van der Waals surface area contributed by atoms with Crippen LogP contribution >= 0.6 is 31.9 Å². The van der Waals surface area contributed by atoms with Gasteiger partial charge in [-0.15, -0.1) is 0 Å². The van der Waals surface area contributed by atoms with Gasteiger partial charge in [0.2, 0.25) is 5.91 Å². The minimum atomic E-state index is -0.0449. The van der Waals surface area contributed by atoms with E-state index in [4.69, 9.17) is 0 Å². The highest BCUT2D eigenvalue weighted by molar-refractivity contribution is 9.10. The molecule has 0 fully saturated rings. The summed E-state index contributed by atoms with van der Waals surface area (Å²) in [6.07, 6.45) is 0. The summed E-state index contributed by atoms with van der Waals surface area (Å²) in [5.41, 5.74) is 0.819. The predicted octanol–water partition coefficient (Wildman–Crippen LogP) is 3.94. The van der Waals surface area contributed by atoms with Crippen LogP contribution in [0.15, 0.2) is 40.9 Å². The number of hydrogen-bond acceptors (Lipinski definition) is 1. The molecule has 4 heteroatoms. The Morgan fingerprint density at radius 1 is 1.12 bits per heavy atom. The molecule has 0 aliphatic heterocycles. The molecule has 0 aliphatic carbocycles. The summed E-state index contributed by atoms with van der Waals surface area (Å²) in [5, 5.41) is 5.36. The first kappa shape index (κ1) is 11.6. The van der Waals surface area contributed by atoms with Crippen LogP contribution < -0.4 is 5.32 Å². The molecule has 82 valence electrons. The van der Waals surface area contributed by atoms with Gasteiger partial charge in [0.25, 0.3) is 0 Å². The van der Waals surface area contributed by atoms with Crippen molar-refractivity contribution in [1.29, 1.82) is 0 Å². The van der Waals surface area contributed by atoms with Crippen LogP contribution in [0.5, 0.6) is 0 Å². The first-order valence-electron chi connectivity index (χ1n) is 4.74. The Bertz CT molecular complexity index is 540. The highest BCUT2D eigenvalue weighted by atomic mass is 79.9. The minimum absolute atomic E-state index is 0.0449. The number of anilines is 1. The number of hydrogen-bond donors (Lipinski definition) is 1. The van der Waals surface area contributed by atoms with Crippen molar-refractivity contribution in [3.8, 4) is 0 Å². The van der Waals surface area contributed by atoms with Crippen molar-refractivity contribution < 1.29 is 4.79 Å². The van der Waals surface area contributed by atoms with Crippen LogP contribution in [0.25, 0.3) is 10.8 Å². The number of alkyl halides is 1. The first-order chi connectivity index (χ1) is 7.69. The number of halogens is 2. The van der Waals surface area contributed by atoms with Crippen LogP contribution in [0, 0.1) is 0 Å². The molecule has 0 spiro atoms. The molecule has 0 heterocycles. The van der Waals surface area contributed by atoms with Crippen LogP contribution in [-0.4, -0.2) is 11.2 Å². The average Bonchev–Trinajstić information content (AvgIpc) is 2.29.